The molecule has 0 aromatic heterocycles. The molecule has 1 N–H and O–H groups in total. The van der Waals surface area contributed by atoms with Crippen LogP contribution in [0.1, 0.15) is 19.4 Å². The monoisotopic (exact) mass is 176 g/mol. The number of hydrogen-bond acceptors (Lipinski definition) is 2. The van der Waals surface area contributed by atoms with Crippen LogP contribution in [0, 0.1) is 0 Å². The van der Waals surface area contributed by atoms with E-state index in [1.165, 1.54) is 12.1 Å². The van der Waals surface area contributed by atoms with Crippen molar-refractivity contribution in [1.29, 1.82) is 0 Å². The van der Waals surface area contributed by atoms with Gasteiger partial charge < -0.3 is 5.11 Å². The fourth-order valence-electron chi connectivity index (χ4n) is 0.987. The maximum absolute atomic E-state index is 11.0. The van der Waals surface area contributed by atoms with Crippen LogP contribution in [0.5, 0.6) is 5.75 Å². The minimum atomic E-state index is -0.352. The van der Waals surface area contributed by atoms with Gasteiger partial charge >= 0.3 is 0 Å². The zero-order chi connectivity index (χ0) is 9.84. The van der Waals surface area contributed by atoms with Gasteiger partial charge in [-0.3, -0.25) is 4.79 Å². The molecule has 0 spiro atoms. The summed E-state index contributed by atoms with van der Waals surface area (Å²) in [6.45, 7) is 3.89. The molecule has 0 saturated carbocycles. The molecule has 2 nitrogen and oxygen atoms in total. The molecule has 0 aliphatic heterocycles. The van der Waals surface area contributed by atoms with Crippen molar-refractivity contribution in [2.24, 2.45) is 0 Å². The highest BCUT2D eigenvalue weighted by Gasteiger charge is 1.95. The van der Waals surface area contributed by atoms with Crippen molar-refractivity contribution in [2.75, 3.05) is 0 Å². The van der Waals surface area contributed by atoms with Crippen LogP contribution < -0.4 is 5.43 Å². The molecule has 1 rings (SSSR count). The fraction of sp³-hybridized carbons (Fsp3) is 0.182. The van der Waals surface area contributed by atoms with E-state index in [1.807, 2.05) is 19.9 Å². The number of allylic oxidation sites excluding steroid dienone is 2. The van der Waals surface area contributed by atoms with E-state index in [4.69, 9.17) is 5.11 Å². The van der Waals surface area contributed by atoms with Crippen LogP contribution in [0.2, 0.25) is 0 Å². The molecule has 1 aromatic rings. The summed E-state index contributed by atoms with van der Waals surface area (Å²) in [5.41, 5.74) is 1.67. The molecule has 68 valence electrons. The summed E-state index contributed by atoms with van der Waals surface area (Å²) in [5, 5.41) is 9.13. The van der Waals surface area contributed by atoms with Gasteiger partial charge in [-0.15, -0.1) is 0 Å². The van der Waals surface area contributed by atoms with Crippen molar-refractivity contribution in [3.05, 3.63) is 46.1 Å². The standard InChI is InChI=1S/C11H12O2/c1-3-8(2)9-4-6-10(12)11(13)7-5-9/h3-7H,1-2H3,(H,12,13)/b8-3+. The number of rotatable bonds is 1. The van der Waals surface area contributed by atoms with Gasteiger partial charge in [0.15, 0.2) is 5.75 Å². The molecular weight excluding hydrogens is 164 g/mol. The van der Waals surface area contributed by atoms with Gasteiger partial charge in [-0.2, -0.15) is 0 Å². The van der Waals surface area contributed by atoms with Gasteiger partial charge in [-0.1, -0.05) is 18.2 Å². The Kier molecular flexibility index (Phi) is 2.85. The summed E-state index contributed by atoms with van der Waals surface area (Å²) in [7, 11) is 0. The molecule has 0 amide bonds. The maximum Gasteiger partial charge on any atom is 0.220 e. The summed E-state index contributed by atoms with van der Waals surface area (Å²) in [6, 6.07) is 6.23. The lowest BCUT2D eigenvalue weighted by Crippen LogP contribution is -1.91. The van der Waals surface area contributed by atoms with E-state index < -0.39 is 0 Å². The molecule has 0 saturated heterocycles. The highest BCUT2D eigenvalue weighted by molar-refractivity contribution is 5.63. The summed E-state index contributed by atoms with van der Waals surface area (Å²) < 4.78 is 0. The molecule has 0 fully saturated rings. The van der Waals surface area contributed by atoms with E-state index in [-0.39, 0.29) is 11.2 Å². The average Bonchev–Trinajstić information content (AvgIpc) is 2.30. The van der Waals surface area contributed by atoms with Gasteiger partial charge in [0.1, 0.15) is 0 Å². The van der Waals surface area contributed by atoms with Crippen LogP contribution in [-0.2, 0) is 0 Å². The zero-order valence-corrected chi connectivity index (χ0v) is 7.74. The van der Waals surface area contributed by atoms with Gasteiger partial charge in [0.05, 0.1) is 0 Å². The molecular formula is C11H12O2. The van der Waals surface area contributed by atoms with Crippen molar-refractivity contribution in [2.45, 2.75) is 13.8 Å². The smallest absolute Gasteiger partial charge is 0.220 e. The van der Waals surface area contributed by atoms with Crippen LogP contribution >= 0.6 is 0 Å². The second kappa shape index (κ2) is 3.90. The molecule has 0 atom stereocenters. The third-order valence-corrected chi connectivity index (χ3v) is 1.98. The van der Waals surface area contributed by atoms with Crippen molar-refractivity contribution in [1.82, 2.24) is 0 Å². The van der Waals surface area contributed by atoms with E-state index in [2.05, 4.69) is 0 Å². The fourth-order valence-corrected chi connectivity index (χ4v) is 0.987. The SMILES string of the molecule is C/C=C(\C)c1ccc(O)c(=O)cc1. The molecule has 1 aromatic carbocycles. The van der Waals surface area contributed by atoms with Gasteiger partial charge in [0, 0.05) is 0 Å². The largest absolute Gasteiger partial charge is 0.504 e. The van der Waals surface area contributed by atoms with Crippen molar-refractivity contribution in [3.63, 3.8) is 0 Å². The lowest BCUT2D eigenvalue weighted by Gasteiger charge is -1.94. The Morgan fingerprint density at radius 1 is 1.31 bits per heavy atom. The molecule has 0 aliphatic rings. The minimum absolute atomic E-state index is 0.213. The molecule has 0 unspecified atom stereocenters. The summed E-state index contributed by atoms with van der Waals surface area (Å²) >= 11 is 0. The molecule has 0 radical (unpaired) electrons. The lowest BCUT2D eigenvalue weighted by atomic mass is 10.1. The summed E-state index contributed by atoms with van der Waals surface area (Å²) in [6.07, 6.45) is 1.96. The lowest BCUT2D eigenvalue weighted by molar-refractivity contribution is 0.471. The van der Waals surface area contributed by atoms with Crippen LogP contribution in [0.15, 0.2) is 35.1 Å². The Morgan fingerprint density at radius 2 is 1.92 bits per heavy atom. The van der Waals surface area contributed by atoms with Crippen molar-refractivity contribution < 1.29 is 5.11 Å². The van der Waals surface area contributed by atoms with E-state index >= 15 is 0 Å². The van der Waals surface area contributed by atoms with Gasteiger partial charge in [-0.05, 0) is 37.1 Å². The van der Waals surface area contributed by atoms with Crippen LogP contribution in [0.4, 0.5) is 0 Å². The molecule has 2 heteroatoms. The van der Waals surface area contributed by atoms with Crippen LogP contribution in [-0.4, -0.2) is 5.11 Å². The van der Waals surface area contributed by atoms with Crippen molar-refractivity contribution in [3.8, 4) is 5.75 Å². The highest BCUT2D eigenvalue weighted by atomic mass is 16.3. The van der Waals surface area contributed by atoms with E-state index in [0.29, 0.717) is 0 Å². The van der Waals surface area contributed by atoms with Crippen LogP contribution in [0.3, 0.4) is 0 Å². The normalized spacial score (nSPS) is 11.4. The molecule has 0 bridgehead atoms. The highest BCUT2D eigenvalue weighted by Crippen LogP contribution is 2.12. The Balaban J connectivity index is 3.32. The molecule has 0 heterocycles. The summed E-state index contributed by atoms with van der Waals surface area (Å²) in [4.78, 5) is 11.0. The Hall–Kier alpha value is -1.57. The van der Waals surface area contributed by atoms with Gasteiger partial charge in [0.25, 0.3) is 0 Å². The zero-order valence-electron chi connectivity index (χ0n) is 7.74. The van der Waals surface area contributed by atoms with Gasteiger partial charge in [-0.25, -0.2) is 0 Å². The first-order valence-corrected chi connectivity index (χ1v) is 4.12. The molecule has 0 aliphatic carbocycles. The third-order valence-electron chi connectivity index (χ3n) is 1.98. The van der Waals surface area contributed by atoms with E-state index in [0.717, 1.165) is 11.1 Å². The van der Waals surface area contributed by atoms with E-state index in [1.54, 1.807) is 12.1 Å². The number of aromatic hydroxyl groups is 1. The van der Waals surface area contributed by atoms with E-state index in [9.17, 15) is 4.79 Å². The third kappa shape index (κ3) is 2.18. The Labute approximate surface area is 77.2 Å². The predicted octanol–water partition coefficient (Wildman–Crippen LogP) is 2.18. The first-order valence-electron chi connectivity index (χ1n) is 4.12. The molecule has 13 heavy (non-hydrogen) atoms. The quantitative estimate of drug-likeness (QED) is 0.712. The Morgan fingerprint density at radius 3 is 2.54 bits per heavy atom. The summed E-state index contributed by atoms with van der Waals surface area (Å²) in [5.74, 6) is -0.213. The topological polar surface area (TPSA) is 37.3 Å². The first kappa shape index (κ1) is 9.52. The predicted molar refractivity (Wildman–Crippen MR) is 53.7 cm³/mol. The second-order valence-electron chi connectivity index (χ2n) is 2.84. The Bertz CT molecular complexity index is 392. The first-order chi connectivity index (χ1) is 6.15. The second-order valence-corrected chi connectivity index (χ2v) is 2.84. The number of hydrogen-bond donors (Lipinski definition) is 1. The maximum atomic E-state index is 11.0. The van der Waals surface area contributed by atoms with Crippen LogP contribution in [0.25, 0.3) is 5.57 Å². The minimum Gasteiger partial charge on any atom is -0.504 e. The van der Waals surface area contributed by atoms with Crippen molar-refractivity contribution >= 4 is 5.57 Å². The average molecular weight is 176 g/mol. The van der Waals surface area contributed by atoms with Gasteiger partial charge in [0.2, 0.25) is 5.43 Å².